The number of hydrogen-bond acceptors (Lipinski definition) is 3. The van der Waals surface area contributed by atoms with Gasteiger partial charge in [-0.05, 0) is 77.5 Å². The molecule has 0 saturated carbocycles. The molecular weight excluding hydrogens is 402 g/mol. The maximum atomic E-state index is 9.22. The van der Waals surface area contributed by atoms with Crippen LogP contribution in [0.2, 0.25) is 0 Å². The van der Waals surface area contributed by atoms with E-state index in [4.69, 9.17) is 0 Å². The Bertz CT molecular complexity index is 1430. The zero-order valence-electron chi connectivity index (χ0n) is 18.4. The Balaban J connectivity index is 1.53. The largest absolute Gasteiger partial charge is 0.345 e. The summed E-state index contributed by atoms with van der Waals surface area (Å²) >= 11 is 0. The van der Waals surface area contributed by atoms with Gasteiger partial charge in [-0.2, -0.15) is 5.26 Å². The summed E-state index contributed by atoms with van der Waals surface area (Å²) in [6, 6.07) is 43.8. The van der Waals surface area contributed by atoms with Gasteiger partial charge >= 0.3 is 0 Å². The van der Waals surface area contributed by atoms with E-state index in [1.54, 1.807) is 0 Å². The van der Waals surface area contributed by atoms with Crippen molar-refractivity contribution in [2.45, 2.75) is 0 Å². The lowest BCUT2D eigenvalue weighted by Gasteiger charge is -2.27. The van der Waals surface area contributed by atoms with E-state index in [0.29, 0.717) is 5.56 Å². The second-order valence-electron chi connectivity index (χ2n) is 7.94. The predicted octanol–water partition coefficient (Wildman–Crippen LogP) is 7.95. The predicted molar refractivity (Wildman–Crippen MR) is 138 cm³/mol. The fourth-order valence-corrected chi connectivity index (χ4v) is 4.10. The van der Waals surface area contributed by atoms with Crippen molar-refractivity contribution in [3.05, 3.63) is 127 Å². The Morgan fingerprint density at radius 2 is 1.12 bits per heavy atom. The summed E-state index contributed by atoms with van der Waals surface area (Å²) in [7, 11) is 2.02. The zero-order chi connectivity index (χ0) is 22.6. The van der Waals surface area contributed by atoms with Gasteiger partial charge in [0.2, 0.25) is 0 Å². The van der Waals surface area contributed by atoms with Gasteiger partial charge in [0.05, 0.1) is 11.6 Å². The fraction of sp³-hybridized carbons (Fsp3) is 0.0333. The number of fused-ring (bicyclic) bond motifs is 1. The van der Waals surface area contributed by atoms with Crippen LogP contribution in [0.5, 0.6) is 0 Å². The third kappa shape index (κ3) is 4.15. The van der Waals surface area contributed by atoms with Crippen molar-refractivity contribution in [3.63, 3.8) is 0 Å². The molecule has 5 aromatic rings. The molecule has 0 fully saturated rings. The van der Waals surface area contributed by atoms with Crippen molar-refractivity contribution in [2.75, 3.05) is 16.8 Å². The SMILES string of the molecule is CN(c1ccc(N(c2ccccc2)c2ccc3ccccc3c2)cc1)c1cccc(C#N)c1. The third-order valence-corrected chi connectivity index (χ3v) is 5.86. The van der Waals surface area contributed by atoms with Crippen molar-refractivity contribution in [2.24, 2.45) is 0 Å². The minimum atomic E-state index is 0.655. The van der Waals surface area contributed by atoms with E-state index in [-0.39, 0.29) is 0 Å². The Labute approximate surface area is 194 Å². The van der Waals surface area contributed by atoms with Crippen LogP contribution in [0.4, 0.5) is 28.4 Å². The number of anilines is 5. The lowest BCUT2D eigenvalue weighted by molar-refractivity contribution is 1.20. The maximum absolute atomic E-state index is 9.22. The smallest absolute Gasteiger partial charge is 0.0992 e. The summed E-state index contributed by atoms with van der Waals surface area (Å²) in [5.41, 5.74) is 6.00. The van der Waals surface area contributed by atoms with Crippen LogP contribution in [0.15, 0.2) is 121 Å². The highest BCUT2D eigenvalue weighted by Gasteiger charge is 2.13. The number of rotatable bonds is 5. The highest BCUT2D eigenvalue weighted by Crippen LogP contribution is 2.37. The average molecular weight is 426 g/mol. The highest BCUT2D eigenvalue weighted by atomic mass is 15.1. The van der Waals surface area contributed by atoms with Gasteiger partial charge in [0.25, 0.3) is 0 Å². The molecule has 0 aliphatic carbocycles. The monoisotopic (exact) mass is 425 g/mol. The van der Waals surface area contributed by atoms with Crippen molar-refractivity contribution < 1.29 is 0 Å². The Morgan fingerprint density at radius 3 is 1.88 bits per heavy atom. The van der Waals surface area contributed by atoms with Crippen molar-refractivity contribution >= 4 is 39.2 Å². The molecule has 0 spiro atoms. The van der Waals surface area contributed by atoms with Crippen LogP contribution >= 0.6 is 0 Å². The van der Waals surface area contributed by atoms with E-state index < -0.39 is 0 Å². The van der Waals surface area contributed by atoms with Crippen molar-refractivity contribution in [3.8, 4) is 6.07 Å². The molecule has 0 saturated heterocycles. The number of hydrogen-bond donors (Lipinski definition) is 0. The first kappa shape index (κ1) is 20.4. The Morgan fingerprint density at radius 1 is 0.515 bits per heavy atom. The minimum Gasteiger partial charge on any atom is -0.345 e. The van der Waals surface area contributed by atoms with Gasteiger partial charge in [-0.15, -0.1) is 0 Å². The van der Waals surface area contributed by atoms with Crippen LogP contribution in [-0.2, 0) is 0 Å². The minimum absolute atomic E-state index is 0.655. The van der Waals surface area contributed by atoms with E-state index in [9.17, 15) is 5.26 Å². The molecule has 0 aliphatic heterocycles. The lowest BCUT2D eigenvalue weighted by Crippen LogP contribution is -2.12. The number of nitriles is 1. The third-order valence-electron chi connectivity index (χ3n) is 5.86. The summed E-state index contributed by atoms with van der Waals surface area (Å²) in [6.45, 7) is 0. The Kier molecular flexibility index (Phi) is 5.49. The van der Waals surface area contributed by atoms with E-state index in [0.717, 1.165) is 28.4 Å². The molecule has 0 unspecified atom stereocenters. The molecule has 0 aromatic heterocycles. The topological polar surface area (TPSA) is 30.3 Å². The van der Waals surface area contributed by atoms with Crippen LogP contribution in [-0.4, -0.2) is 7.05 Å². The molecule has 0 amide bonds. The van der Waals surface area contributed by atoms with Gasteiger partial charge in [0, 0.05) is 35.5 Å². The van der Waals surface area contributed by atoms with E-state index in [2.05, 4.69) is 107 Å². The molecule has 5 rings (SSSR count). The van der Waals surface area contributed by atoms with Crippen LogP contribution < -0.4 is 9.80 Å². The molecule has 0 N–H and O–H groups in total. The number of nitrogens with zero attached hydrogens (tertiary/aromatic N) is 3. The van der Waals surface area contributed by atoms with Gasteiger partial charge in [0.15, 0.2) is 0 Å². The molecule has 3 heteroatoms. The fourth-order valence-electron chi connectivity index (χ4n) is 4.10. The second-order valence-corrected chi connectivity index (χ2v) is 7.94. The van der Waals surface area contributed by atoms with Gasteiger partial charge in [-0.3, -0.25) is 0 Å². The van der Waals surface area contributed by atoms with Gasteiger partial charge in [0.1, 0.15) is 0 Å². The van der Waals surface area contributed by atoms with Crippen LogP contribution in [0, 0.1) is 11.3 Å². The molecule has 0 bridgehead atoms. The molecule has 158 valence electrons. The molecule has 5 aromatic carbocycles. The molecule has 3 nitrogen and oxygen atoms in total. The van der Waals surface area contributed by atoms with E-state index in [1.807, 2.05) is 37.4 Å². The Hall–Kier alpha value is -4.55. The van der Waals surface area contributed by atoms with Crippen LogP contribution in [0.3, 0.4) is 0 Å². The standard InChI is InChI=1S/C30H23N3/c1-32(29-13-7-8-23(20-29)22-31)26-16-18-28(19-17-26)33(27-11-3-2-4-12-27)30-15-14-24-9-5-6-10-25(24)21-30/h2-21H,1H3. The van der Waals surface area contributed by atoms with Crippen LogP contribution in [0.25, 0.3) is 10.8 Å². The molecular formula is C30H23N3. The number of benzene rings is 5. The maximum Gasteiger partial charge on any atom is 0.0992 e. The highest BCUT2D eigenvalue weighted by molar-refractivity contribution is 5.89. The van der Waals surface area contributed by atoms with Crippen molar-refractivity contribution in [1.29, 1.82) is 5.26 Å². The summed E-state index contributed by atoms with van der Waals surface area (Å²) < 4.78 is 0. The van der Waals surface area contributed by atoms with Gasteiger partial charge in [-0.25, -0.2) is 0 Å². The van der Waals surface area contributed by atoms with E-state index in [1.165, 1.54) is 10.8 Å². The van der Waals surface area contributed by atoms with E-state index >= 15 is 0 Å². The summed E-state index contributed by atoms with van der Waals surface area (Å²) in [5, 5.41) is 11.7. The molecule has 0 heterocycles. The quantitative estimate of drug-likeness (QED) is 0.286. The first-order valence-corrected chi connectivity index (χ1v) is 10.9. The lowest BCUT2D eigenvalue weighted by atomic mass is 10.1. The summed E-state index contributed by atoms with van der Waals surface area (Å²) in [4.78, 5) is 4.36. The average Bonchev–Trinajstić information content (AvgIpc) is 2.89. The van der Waals surface area contributed by atoms with Gasteiger partial charge in [-0.1, -0.05) is 54.6 Å². The molecule has 33 heavy (non-hydrogen) atoms. The van der Waals surface area contributed by atoms with Crippen molar-refractivity contribution in [1.82, 2.24) is 0 Å². The first-order chi connectivity index (χ1) is 16.2. The molecule has 0 radical (unpaired) electrons. The first-order valence-electron chi connectivity index (χ1n) is 10.9. The normalized spacial score (nSPS) is 10.5. The molecule has 0 aliphatic rings. The zero-order valence-corrected chi connectivity index (χ0v) is 18.4. The second kappa shape index (κ2) is 8.90. The molecule has 0 atom stereocenters. The number of para-hydroxylation sites is 1. The van der Waals surface area contributed by atoms with Gasteiger partial charge < -0.3 is 9.80 Å². The van der Waals surface area contributed by atoms with Crippen LogP contribution in [0.1, 0.15) is 5.56 Å². The summed E-state index contributed by atoms with van der Waals surface area (Å²) in [6.07, 6.45) is 0. The summed E-state index contributed by atoms with van der Waals surface area (Å²) in [5.74, 6) is 0.